The molecule has 0 spiro atoms. The van der Waals surface area contributed by atoms with Gasteiger partial charge in [0.05, 0.1) is 0 Å². The maximum Gasteiger partial charge on any atom is 0.0438 e. The normalized spacial score (nSPS) is 10.8. The van der Waals surface area contributed by atoms with Crippen LogP contribution in [0, 0.1) is 13.8 Å². The Kier molecular flexibility index (Phi) is 5.16. The van der Waals surface area contributed by atoms with Gasteiger partial charge in [0, 0.05) is 29.5 Å². The maximum atomic E-state index is 6.16. The quantitative estimate of drug-likeness (QED) is 0.818. The minimum Gasteiger partial charge on any atom is -0.313 e. The third-order valence-electron chi connectivity index (χ3n) is 3.37. The van der Waals surface area contributed by atoms with E-state index >= 15 is 0 Å². The Morgan fingerprint density at radius 2 is 1.90 bits per heavy atom. The summed E-state index contributed by atoms with van der Waals surface area (Å²) in [6.45, 7) is 8.18. The van der Waals surface area contributed by atoms with Crippen LogP contribution in [-0.2, 0) is 6.54 Å². The van der Waals surface area contributed by atoms with E-state index in [1.165, 1.54) is 16.7 Å². The molecule has 0 amide bonds. The molecule has 2 rings (SSSR count). The molecule has 0 atom stereocenters. The zero-order valence-corrected chi connectivity index (χ0v) is 13.1. The molecule has 0 saturated heterocycles. The van der Waals surface area contributed by atoms with Gasteiger partial charge in [0.25, 0.3) is 0 Å². The van der Waals surface area contributed by atoms with E-state index in [9.17, 15) is 0 Å². The number of rotatable bonds is 5. The Balaban J connectivity index is 2.29. The number of aromatic nitrogens is 1. The largest absolute Gasteiger partial charge is 0.313 e. The molecule has 1 heterocycles. The average molecular weight is 289 g/mol. The van der Waals surface area contributed by atoms with Gasteiger partial charge in [-0.2, -0.15) is 0 Å². The van der Waals surface area contributed by atoms with Gasteiger partial charge >= 0.3 is 0 Å². The van der Waals surface area contributed by atoms with Crippen molar-refractivity contribution in [1.82, 2.24) is 10.3 Å². The van der Waals surface area contributed by atoms with Crippen molar-refractivity contribution in [1.29, 1.82) is 0 Å². The van der Waals surface area contributed by atoms with Gasteiger partial charge in [-0.25, -0.2) is 0 Å². The molecule has 20 heavy (non-hydrogen) atoms. The monoisotopic (exact) mass is 288 g/mol. The second kappa shape index (κ2) is 6.87. The molecule has 1 N–H and O–H groups in total. The number of halogens is 1. The van der Waals surface area contributed by atoms with E-state index < -0.39 is 0 Å². The number of nitrogens with one attached hydrogen (secondary N) is 1. The summed E-state index contributed by atoms with van der Waals surface area (Å²) in [6, 6.07) is 6.36. The first-order chi connectivity index (χ1) is 9.61. The summed E-state index contributed by atoms with van der Waals surface area (Å²) in [6.07, 6.45) is 4.98. The van der Waals surface area contributed by atoms with E-state index in [1.807, 2.05) is 25.4 Å². The summed E-state index contributed by atoms with van der Waals surface area (Å²) in [7, 11) is 0. The predicted octanol–water partition coefficient (Wildman–Crippen LogP) is 4.52. The van der Waals surface area contributed by atoms with Crippen LogP contribution in [0.2, 0.25) is 5.02 Å². The average Bonchev–Trinajstić information content (AvgIpc) is 2.43. The van der Waals surface area contributed by atoms with Gasteiger partial charge in [-0.15, -0.1) is 0 Å². The summed E-state index contributed by atoms with van der Waals surface area (Å²) >= 11 is 6.16. The Bertz CT molecular complexity index is 594. The summed E-state index contributed by atoms with van der Waals surface area (Å²) < 4.78 is 0. The lowest BCUT2D eigenvalue weighted by molar-refractivity contribution is 0.674. The summed E-state index contributed by atoms with van der Waals surface area (Å²) in [5, 5.41) is 4.22. The first-order valence-corrected chi connectivity index (χ1v) is 7.41. The highest BCUT2D eigenvalue weighted by Gasteiger charge is 2.06. The lowest BCUT2D eigenvalue weighted by atomic mass is 9.99. The Morgan fingerprint density at radius 3 is 2.65 bits per heavy atom. The first-order valence-electron chi connectivity index (χ1n) is 7.03. The highest BCUT2D eigenvalue weighted by molar-refractivity contribution is 6.31. The molecule has 106 valence electrons. The third-order valence-corrected chi connectivity index (χ3v) is 3.77. The maximum absolute atomic E-state index is 6.16. The van der Waals surface area contributed by atoms with Gasteiger partial charge in [0.15, 0.2) is 0 Å². The number of benzene rings is 1. The van der Waals surface area contributed by atoms with E-state index in [1.54, 1.807) is 0 Å². The molecule has 0 aliphatic heterocycles. The minimum absolute atomic E-state index is 0.819. The van der Waals surface area contributed by atoms with Crippen LogP contribution in [0.4, 0.5) is 0 Å². The van der Waals surface area contributed by atoms with Crippen molar-refractivity contribution in [2.75, 3.05) is 6.54 Å². The third kappa shape index (κ3) is 3.59. The minimum atomic E-state index is 0.819. The fraction of sp³-hybridized carbons (Fsp3) is 0.353. The molecular formula is C17H21ClN2. The van der Waals surface area contributed by atoms with Gasteiger partial charge in [-0.1, -0.05) is 18.5 Å². The molecule has 0 unspecified atom stereocenters. The van der Waals surface area contributed by atoms with Crippen molar-refractivity contribution in [3.8, 4) is 11.1 Å². The van der Waals surface area contributed by atoms with Crippen molar-refractivity contribution >= 4 is 11.6 Å². The molecule has 3 heteroatoms. The van der Waals surface area contributed by atoms with E-state index in [2.05, 4.69) is 36.3 Å². The second-order valence-electron chi connectivity index (χ2n) is 5.17. The topological polar surface area (TPSA) is 24.9 Å². The van der Waals surface area contributed by atoms with E-state index in [-0.39, 0.29) is 0 Å². The molecule has 0 saturated carbocycles. The van der Waals surface area contributed by atoms with Crippen LogP contribution in [-0.4, -0.2) is 11.5 Å². The molecule has 1 aromatic heterocycles. The van der Waals surface area contributed by atoms with Gasteiger partial charge in [-0.3, -0.25) is 4.98 Å². The molecule has 0 radical (unpaired) electrons. The second-order valence-corrected chi connectivity index (χ2v) is 5.58. The smallest absolute Gasteiger partial charge is 0.0438 e. The molecule has 2 aromatic rings. The predicted molar refractivity (Wildman–Crippen MR) is 86.2 cm³/mol. The zero-order chi connectivity index (χ0) is 14.5. The lowest BCUT2D eigenvalue weighted by Crippen LogP contribution is -2.13. The highest BCUT2D eigenvalue weighted by atomic mass is 35.5. The standard InChI is InChI=1S/C17H21ClN2/c1-4-5-19-9-14-8-15(11-20-10-14)16-6-13(3)17(18)7-12(16)2/h6-8,10-11,19H,4-5,9H2,1-3H3. The molecule has 1 aromatic carbocycles. The van der Waals surface area contributed by atoms with Crippen LogP contribution < -0.4 is 5.32 Å². The fourth-order valence-electron chi connectivity index (χ4n) is 2.23. The van der Waals surface area contributed by atoms with Crippen LogP contribution >= 0.6 is 11.6 Å². The van der Waals surface area contributed by atoms with Crippen molar-refractivity contribution in [3.05, 3.63) is 52.3 Å². The van der Waals surface area contributed by atoms with E-state index in [0.29, 0.717) is 0 Å². The van der Waals surface area contributed by atoms with Crippen molar-refractivity contribution in [2.24, 2.45) is 0 Å². The molecule has 0 fully saturated rings. The van der Waals surface area contributed by atoms with Gasteiger partial charge < -0.3 is 5.32 Å². The highest BCUT2D eigenvalue weighted by Crippen LogP contribution is 2.28. The van der Waals surface area contributed by atoms with Crippen LogP contribution in [0.25, 0.3) is 11.1 Å². The Hall–Kier alpha value is -1.38. The molecule has 0 aliphatic rings. The number of hydrogen-bond donors (Lipinski definition) is 1. The molecular weight excluding hydrogens is 268 g/mol. The van der Waals surface area contributed by atoms with Gasteiger partial charge in [0.1, 0.15) is 0 Å². The van der Waals surface area contributed by atoms with Crippen molar-refractivity contribution < 1.29 is 0 Å². The SMILES string of the molecule is CCCNCc1cncc(-c2cc(C)c(Cl)cc2C)c1. The Labute approximate surface area is 126 Å². The van der Waals surface area contributed by atoms with Crippen LogP contribution in [0.1, 0.15) is 30.0 Å². The van der Waals surface area contributed by atoms with Crippen LogP contribution in [0.3, 0.4) is 0 Å². The van der Waals surface area contributed by atoms with Gasteiger partial charge in [-0.05, 0) is 67.3 Å². The number of pyridine rings is 1. The van der Waals surface area contributed by atoms with Crippen LogP contribution in [0.15, 0.2) is 30.6 Å². The lowest BCUT2D eigenvalue weighted by Gasteiger charge is -2.10. The number of hydrogen-bond acceptors (Lipinski definition) is 2. The zero-order valence-electron chi connectivity index (χ0n) is 12.3. The van der Waals surface area contributed by atoms with E-state index in [4.69, 9.17) is 11.6 Å². The number of nitrogens with zero attached hydrogens (tertiary/aromatic N) is 1. The summed E-state index contributed by atoms with van der Waals surface area (Å²) in [5.74, 6) is 0. The van der Waals surface area contributed by atoms with Crippen molar-refractivity contribution in [2.45, 2.75) is 33.7 Å². The summed E-state index contributed by atoms with van der Waals surface area (Å²) in [5.41, 5.74) is 5.85. The number of aryl methyl sites for hydroxylation is 2. The van der Waals surface area contributed by atoms with E-state index in [0.717, 1.165) is 35.7 Å². The Morgan fingerprint density at radius 1 is 1.10 bits per heavy atom. The van der Waals surface area contributed by atoms with Crippen molar-refractivity contribution in [3.63, 3.8) is 0 Å². The summed E-state index contributed by atoms with van der Waals surface area (Å²) in [4.78, 5) is 4.36. The van der Waals surface area contributed by atoms with Crippen LogP contribution in [0.5, 0.6) is 0 Å². The first kappa shape index (κ1) is 15.0. The molecule has 2 nitrogen and oxygen atoms in total. The fourth-order valence-corrected chi connectivity index (χ4v) is 2.45. The van der Waals surface area contributed by atoms with Gasteiger partial charge in [0.2, 0.25) is 0 Å². The molecule has 0 bridgehead atoms. The molecule has 0 aliphatic carbocycles.